The van der Waals surface area contributed by atoms with E-state index in [1.165, 1.54) is 50.5 Å². The van der Waals surface area contributed by atoms with Gasteiger partial charge in [0.15, 0.2) is 0 Å². The van der Waals surface area contributed by atoms with Gasteiger partial charge in [-0.3, -0.25) is 0 Å². The van der Waals surface area contributed by atoms with Crippen LogP contribution in [0.3, 0.4) is 0 Å². The first-order chi connectivity index (χ1) is 14.7. The van der Waals surface area contributed by atoms with Gasteiger partial charge in [0.2, 0.25) is 0 Å². The van der Waals surface area contributed by atoms with Crippen LogP contribution in [0.1, 0.15) is 83.3 Å². The van der Waals surface area contributed by atoms with E-state index < -0.39 is 0 Å². The van der Waals surface area contributed by atoms with E-state index in [1.807, 2.05) is 6.79 Å². The minimum absolute atomic E-state index is 0.273. The van der Waals surface area contributed by atoms with Gasteiger partial charge in [0.25, 0.3) is 0 Å². The first-order valence-corrected chi connectivity index (χ1v) is 11.5. The van der Waals surface area contributed by atoms with Gasteiger partial charge in [0.05, 0.1) is 6.10 Å². The maximum atomic E-state index is 8.00. The fourth-order valence-electron chi connectivity index (χ4n) is 3.31. The number of ether oxygens (including phenoxy) is 2. The number of carbonyl (C=O) groups excluding carboxylic acids is 1. The molecule has 0 aliphatic rings. The van der Waals surface area contributed by atoms with E-state index in [0.29, 0.717) is 6.61 Å². The Bertz CT molecular complexity index is 649. The zero-order valence-corrected chi connectivity index (χ0v) is 19.2. The number of hydrogen-bond donors (Lipinski definition) is 0. The van der Waals surface area contributed by atoms with Gasteiger partial charge < -0.3 is 14.3 Å². The van der Waals surface area contributed by atoms with Crippen LogP contribution in [0.4, 0.5) is 0 Å². The molecule has 3 heteroatoms. The molecule has 0 heterocycles. The van der Waals surface area contributed by atoms with E-state index in [1.54, 1.807) is 0 Å². The summed E-state index contributed by atoms with van der Waals surface area (Å²) in [6.45, 7) is 9.23. The van der Waals surface area contributed by atoms with Crippen LogP contribution in [-0.2, 0) is 17.8 Å². The third-order valence-electron chi connectivity index (χ3n) is 5.12. The quantitative estimate of drug-likeness (QED) is 0.300. The molecule has 1 atom stereocenters. The van der Waals surface area contributed by atoms with Gasteiger partial charge in [0.1, 0.15) is 24.9 Å². The summed E-state index contributed by atoms with van der Waals surface area (Å²) in [6.07, 6.45) is 11.5. The van der Waals surface area contributed by atoms with Gasteiger partial charge in [-0.1, -0.05) is 70.2 Å². The molecule has 0 bridgehead atoms. The molecule has 0 radical (unpaired) electrons. The van der Waals surface area contributed by atoms with Crippen LogP contribution < -0.4 is 9.47 Å². The van der Waals surface area contributed by atoms with Crippen LogP contribution in [0.2, 0.25) is 0 Å². The van der Waals surface area contributed by atoms with Crippen molar-refractivity contribution in [3.8, 4) is 11.5 Å². The van der Waals surface area contributed by atoms with Crippen LogP contribution in [0.25, 0.3) is 0 Å². The van der Waals surface area contributed by atoms with Crippen molar-refractivity contribution in [1.29, 1.82) is 0 Å². The highest BCUT2D eigenvalue weighted by atomic mass is 16.5. The largest absolute Gasteiger partial charge is 0.491 e. The normalized spacial score (nSPS) is 11.3. The fourth-order valence-corrected chi connectivity index (χ4v) is 3.31. The molecule has 0 aliphatic heterocycles. The zero-order chi connectivity index (χ0) is 22.0. The van der Waals surface area contributed by atoms with Gasteiger partial charge in [-0.2, -0.15) is 0 Å². The average Bonchev–Trinajstić information content (AvgIpc) is 2.79. The van der Waals surface area contributed by atoms with Crippen molar-refractivity contribution in [3.05, 3.63) is 59.7 Å². The first-order valence-electron chi connectivity index (χ1n) is 11.5. The SMILES string of the molecule is C=O.CCCCCCC(C)Oc1ccc(COc2ccc(CCCCC)cc2)cc1. The maximum Gasteiger partial charge on any atom is 0.119 e. The van der Waals surface area contributed by atoms with Gasteiger partial charge in [-0.15, -0.1) is 0 Å². The molecule has 0 N–H and O–H groups in total. The Balaban J connectivity index is 0.00000218. The Morgan fingerprint density at radius 3 is 1.93 bits per heavy atom. The maximum absolute atomic E-state index is 8.00. The first kappa shape index (κ1) is 25.7. The number of carbonyl (C=O) groups is 1. The van der Waals surface area contributed by atoms with E-state index in [-0.39, 0.29) is 6.10 Å². The highest BCUT2D eigenvalue weighted by Gasteiger charge is 2.04. The summed E-state index contributed by atoms with van der Waals surface area (Å²) >= 11 is 0. The van der Waals surface area contributed by atoms with Crippen LogP contribution in [0.5, 0.6) is 11.5 Å². The molecule has 30 heavy (non-hydrogen) atoms. The molecule has 0 aliphatic carbocycles. The molecule has 3 nitrogen and oxygen atoms in total. The number of benzene rings is 2. The smallest absolute Gasteiger partial charge is 0.119 e. The molecular weight excluding hydrogens is 372 g/mol. The lowest BCUT2D eigenvalue weighted by Gasteiger charge is -2.15. The average molecular weight is 413 g/mol. The third kappa shape index (κ3) is 11.0. The third-order valence-corrected chi connectivity index (χ3v) is 5.12. The lowest BCUT2D eigenvalue weighted by Crippen LogP contribution is -2.11. The second kappa shape index (κ2) is 16.5. The minimum Gasteiger partial charge on any atom is -0.491 e. The van der Waals surface area contributed by atoms with Crippen molar-refractivity contribution in [2.45, 2.75) is 91.3 Å². The molecule has 0 saturated heterocycles. The predicted molar refractivity (Wildman–Crippen MR) is 126 cm³/mol. The van der Waals surface area contributed by atoms with Gasteiger partial charge >= 0.3 is 0 Å². The lowest BCUT2D eigenvalue weighted by atomic mass is 10.1. The Labute approximate surface area is 183 Å². The Kier molecular flexibility index (Phi) is 14.2. The Morgan fingerprint density at radius 1 is 0.733 bits per heavy atom. The van der Waals surface area contributed by atoms with Gasteiger partial charge in [-0.25, -0.2) is 0 Å². The van der Waals surface area contributed by atoms with E-state index in [4.69, 9.17) is 14.3 Å². The summed E-state index contributed by atoms with van der Waals surface area (Å²) in [5.74, 6) is 1.88. The monoisotopic (exact) mass is 412 g/mol. The van der Waals surface area contributed by atoms with Gasteiger partial charge in [0, 0.05) is 0 Å². The summed E-state index contributed by atoms with van der Waals surface area (Å²) in [4.78, 5) is 8.00. The standard InChI is InChI=1S/C26H38O2.CH2O/c1-4-6-8-10-11-22(3)28-26-19-15-24(16-20-26)21-27-25-17-13-23(14-18-25)12-9-7-5-2;1-2/h13-20,22H,4-12,21H2,1-3H3;1H2. The predicted octanol–water partition coefficient (Wildman–Crippen LogP) is 7.55. The lowest BCUT2D eigenvalue weighted by molar-refractivity contribution is -0.0979. The molecule has 0 amide bonds. The summed E-state index contributed by atoms with van der Waals surface area (Å²) in [7, 11) is 0. The Morgan fingerprint density at radius 2 is 1.30 bits per heavy atom. The molecular formula is C27H40O3. The van der Waals surface area contributed by atoms with Gasteiger partial charge in [-0.05, 0) is 68.0 Å². The summed E-state index contributed by atoms with van der Waals surface area (Å²) in [5.41, 5.74) is 2.56. The second-order valence-electron chi connectivity index (χ2n) is 7.81. The van der Waals surface area contributed by atoms with Crippen molar-refractivity contribution in [2.24, 2.45) is 0 Å². The summed E-state index contributed by atoms with van der Waals surface area (Å²) in [5, 5.41) is 0. The molecule has 0 saturated carbocycles. The van der Waals surface area contributed by atoms with Crippen molar-refractivity contribution in [3.63, 3.8) is 0 Å². The highest BCUT2D eigenvalue weighted by Crippen LogP contribution is 2.19. The van der Waals surface area contributed by atoms with E-state index >= 15 is 0 Å². The van der Waals surface area contributed by atoms with Crippen LogP contribution in [-0.4, -0.2) is 12.9 Å². The van der Waals surface area contributed by atoms with E-state index in [2.05, 4.69) is 69.3 Å². The summed E-state index contributed by atoms with van der Waals surface area (Å²) < 4.78 is 12.0. The molecule has 0 fully saturated rings. The number of rotatable bonds is 14. The summed E-state index contributed by atoms with van der Waals surface area (Å²) in [6, 6.07) is 16.8. The van der Waals surface area contributed by atoms with Crippen molar-refractivity contribution >= 4 is 6.79 Å². The topological polar surface area (TPSA) is 35.5 Å². The number of hydrogen-bond acceptors (Lipinski definition) is 3. The van der Waals surface area contributed by atoms with E-state index in [9.17, 15) is 0 Å². The molecule has 0 spiro atoms. The number of unbranched alkanes of at least 4 members (excludes halogenated alkanes) is 5. The fraction of sp³-hybridized carbons (Fsp3) is 0.519. The van der Waals surface area contributed by atoms with E-state index in [0.717, 1.165) is 29.9 Å². The minimum atomic E-state index is 0.273. The molecule has 166 valence electrons. The van der Waals surface area contributed by atoms with Crippen molar-refractivity contribution < 1.29 is 14.3 Å². The van der Waals surface area contributed by atoms with Crippen LogP contribution >= 0.6 is 0 Å². The second-order valence-corrected chi connectivity index (χ2v) is 7.81. The van der Waals surface area contributed by atoms with Crippen molar-refractivity contribution in [1.82, 2.24) is 0 Å². The number of aryl methyl sites for hydroxylation is 1. The molecule has 2 rings (SSSR count). The van der Waals surface area contributed by atoms with Crippen LogP contribution in [0, 0.1) is 0 Å². The molecule has 0 aromatic heterocycles. The molecule has 1 unspecified atom stereocenters. The Hall–Kier alpha value is -2.29. The van der Waals surface area contributed by atoms with Crippen LogP contribution in [0.15, 0.2) is 48.5 Å². The highest BCUT2D eigenvalue weighted by molar-refractivity contribution is 5.29. The molecule has 2 aromatic rings. The zero-order valence-electron chi connectivity index (χ0n) is 19.2. The van der Waals surface area contributed by atoms with Crippen molar-refractivity contribution in [2.75, 3.05) is 0 Å². The molecule has 2 aromatic carbocycles.